The largest absolute Gasteiger partial charge is 0.504 e. The molecule has 0 saturated heterocycles. The number of pyridine rings is 1. The van der Waals surface area contributed by atoms with Gasteiger partial charge in [-0.3, -0.25) is 4.98 Å². The summed E-state index contributed by atoms with van der Waals surface area (Å²) in [7, 11) is 2.09. The molecule has 152 valence electrons. The van der Waals surface area contributed by atoms with Gasteiger partial charge in [-0.2, -0.15) is 0 Å². The first-order valence-corrected chi connectivity index (χ1v) is 11.0. The van der Waals surface area contributed by atoms with Gasteiger partial charge in [0.25, 0.3) is 0 Å². The maximum Gasteiger partial charge on any atom is 0.166 e. The molecule has 0 aliphatic heterocycles. The molecule has 3 nitrogen and oxygen atoms in total. The molecule has 0 spiro atoms. The van der Waals surface area contributed by atoms with E-state index in [0.717, 1.165) is 16.7 Å². The molecule has 1 saturated carbocycles. The van der Waals surface area contributed by atoms with Gasteiger partial charge in [0.1, 0.15) is 7.85 Å². The van der Waals surface area contributed by atoms with E-state index in [1.807, 2.05) is 6.20 Å². The molecule has 29 heavy (non-hydrogen) atoms. The monoisotopic (exact) mass is 389 g/mol. The van der Waals surface area contributed by atoms with Crippen LogP contribution in [0.25, 0.3) is 11.3 Å². The maximum absolute atomic E-state index is 11.2. The van der Waals surface area contributed by atoms with Crippen molar-refractivity contribution in [3.63, 3.8) is 0 Å². The quantitative estimate of drug-likeness (QED) is 0.562. The lowest BCUT2D eigenvalue weighted by atomic mass is 9.59. The third-order valence-electron chi connectivity index (χ3n) is 9.61. The smallest absolute Gasteiger partial charge is 0.166 e. The van der Waals surface area contributed by atoms with Crippen LogP contribution >= 0.6 is 0 Å². The summed E-state index contributed by atoms with van der Waals surface area (Å²) in [6, 6.07) is 2.19. The van der Waals surface area contributed by atoms with Gasteiger partial charge < -0.3 is 10.2 Å². The third kappa shape index (κ3) is 2.03. The SMILES string of the molecule is Bc1c(-c2cc3c(cn2)C2CCC3C2)c(O)c(O)c2c1C(C)(C)C(C)(C)C2(C)C. The second-order valence-electron chi connectivity index (χ2n) is 11.2. The topological polar surface area (TPSA) is 53.4 Å². The first-order chi connectivity index (χ1) is 13.4. The molecule has 2 bridgehead atoms. The molecule has 2 unspecified atom stereocenters. The molecule has 2 aromatic rings. The fourth-order valence-corrected chi connectivity index (χ4v) is 6.81. The zero-order chi connectivity index (χ0) is 21.1. The summed E-state index contributed by atoms with van der Waals surface area (Å²) in [6.07, 6.45) is 5.81. The minimum absolute atomic E-state index is 0.0153. The van der Waals surface area contributed by atoms with Crippen molar-refractivity contribution < 1.29 is 10.2 Å². The Labute approximate surface area is 175 Å². The summed E-state index contributed by atoms with van der Waals surface area (Å²) in [5.41, 5.74) is 6.92. The molecule has 4 heteroatoms. The Morgan fingerprint density at radius 2 is 1.48 bits per heavy atom. The number of benzene rings is 1. The number of hydrogen-bond donors (Lipinski definition) is 2. The molecule has 0 radical (unpaired) electrons. The van der Waals surface area contributed by atoms with E-state index in [9.17, 15) is 10.2 Å². The van der Waals surface area contributed by atoms with Crippen molar-refractivity contribution in [1.29, 1.82) is 0 Å². The highest BCUT2D eigenvalue weighted by Gasteiger charge is 2.59. The van der Waals surface area contributed by atoms with E-state index in [0.29, 0.717) is 17.4 Å². The highest BCUT2D eigenvalue weighted by Crippen LogP contribution is 2.64. The van der Waals surface area contributed by atoms with Crippen LogP contribution in [0.5, 0.6) is 11.5 Å². The van der Waals surface area contributed by atoms with Crippen LogP contribution in [-0.2, 0) is 10.8 Å². The molecule has 1 heterocycles. The van der Waals surface area contributed by atoms with E-state index in [2.05, 4.69) is 55.5 Å². The summed E-state index contributed by atoms with van der Waals surface area (Å²) < 4.78 is 0. The van der Waals surface area contributed by atoms with E-state index < -0.39 is 0 Å². The average Bonchev–Trinajstić information content (AvgIpc) is 3.28. The summed E-state index contributed by atoms with van der Waals surface area (Å²) >= 11 is 0. The van der Waals surface area contributed by atoms with Gasteiger partial charge >= 0.3 is 0 Å². The van der Waals surface area contributed by atoms with Crippen LogP contribution < -0.4 is 5.46 Å². The molecule has 3 aliphatic carbocycles. The molecule has 1 aromatic carbocycles. The molecular weight excluding hydrogens is 357 g/mol. The Bertz CT molecular complexity index is 1070. The summed E-state index contributed by atoms with van der Waals surface area (Å²) in [5, 5.41) is 22.4. The molecule has 1 aromatic heterocycles. The predicted molar refractivity (Wildman–Crippen MR) is 120 cm³/mol. The van der Waals surface area contributed by atoms with Gasteiger partial charge in [0, 0.05) is 17.3 Å². The van der Waals surface area contributed by atoms with Crippen LogP contribution in [0.15, 0.2) is 12.3 Å². The van der Waals surface area contributed by atoms with Gasteiger partial charge in [0.15, 0.2) is 11.5 Å². The van der Waals surface area contributed by atoms with Crippen molar-refractivity contribution in [2.45, 2.75) is 83.5 Å². The summed E-state index contributed by atoms with van der Waals surface area (Å²) in [5.74, 6) is 1.32. The normalized spacial score (nSPS) is 27.1. The number of rotatable bonds is 1. The lowest BCUT2D eigenvalue weighted by Gasteiger charge is -2.44. The Morgan fingerprint density at radius 1 is 0.897 bits per heavy atom. The number of phenolic OH excluding ortho intramolecular Hbond substituents is 2. The van der Waals surface area contributed by atoms with Crippen molar-refractivity contribution in [1.82, 2.24) is 4.98 Å². The van der Waals surface area contributed by atoms with E-state index in [-0.39, 0.29) is 27.7 Å². The summed E-state index contributed by atoms with van der Waals surface area (Å²) in [4.78, 5) is 4.78. The van der Waals surface area contributed by atoms with Crippen LogP contribution in [0, 0.1) is 5.41 Å². The molecule has 5 rings (SSSR count). The Hall–Kier alpha value is -1.97. The molecule has 2 N–H and O–H groups in total. The second kappa shape index (κ2) is 5.39. The number of hydrogen-bond acceptors (Lipinski definition) is 3. The van der Waals surface area contributed by atoms with Gasteiger partial charge in [-0.25, -0.2) is 0 Å². The van der Waals surface area contributed by atoms with Crippen molar-refractivity contribution in [2.24, 2.45) is 5.41 Å². The zero-order valence-electron chi connectivity index (χ0n) is 18.8. The maximum atomic E-state index is 11.2. The molecule has 3 aliphatic rings. The van der Waals surface area contributed by atoms with Crippen LogP contribution in [0.2, 0.25) is 0 Å². The standard InChI is InChI=1S/C25H32BNO2/c1-23(2)18-19(24(3,4)25(23,5)6)22(29)21(28)17(20(18)26)16-10-14-12-7-8-13(9-12)15(14)11-27-16/h10-13,28-29H,7-9,26H2,1-6H3. The fourth-order valence-electron chi connectivity index (χ4n) is 6.81. The summed E-state index contributed by atoms with van der Waals surface area (Å²) in [6.45, 7) is 13.4. The number of fused-ring (bicyclic) bond motifs is 6. The van der Waals surface area contributed by atoms with Crippen LogP contribution in [0.1, 0.15) is 94.9 Å². The molecule has 2 atom stereocenters. The zero-order valence-corrected chi connectivity index (χ0v) is 18.8. The van der Waals surface area contributed by atoms with Gasteiger partial charge in [-0.05, 0) is 70.1 Å². The van der Waals surface area contributed by atoms with Gasteiger partial charge in [0.2, 0.25) is 0 Å². The highest BCUT2D eigenvalue weighted by molar-refractivity contribution is 6.38. The van der Waals surface area contributed by atoms with Crippen molar-refractivity contribution in [2.75, 3.05) is 0 Å². The lowest BCUT2D eigenvalue weighted by molar-refractivity contribution is 0.124. The number of aromatic hydroxyl groups is 2. The van der Waals surface area contributed by atoms with E-state index in [1.54, 1.807) is 0 Å². The predicted octanol–water partition coefficient (Wildman–Crippen LogP) is 4.38. The van der Waals surface area contributed by atoms with E-state index in [1.165, 1.54) is 36.0 Å². The Morgan fingerprint density at radius 3 is 2.14 bits per heavy atom. The first kappa shape index (κ1) is 19.0. The van der Waals surface area contributed by atoms with Crippen LogP contribution in [-0.4, -0.2) is 23.0 Å². The van der Waals surface area contributed by atoms with Crippen molar-refractivity contribution in [3.8, 4) is 22.8 Å². The van der Waals surface area contributed by atoms with E-state index >= 15 is 0 Å². The molecule has 1 fully saturated rings. The highest BCUT2D eigenvalue weighted by atomic mass is 16.3. The first-order valence-electron chi connectivity index (χ1n) is 11.0. The minimum Gasteiger partial charge on any atom is -0.504 e. The van der Waals surface area contributed by atoms with Crippen molar-refractivity contribution in [3.05, 3.63) is 34.5 Å². The number of phenols is 2. The van der Waals surface area contributed by atoms with Crippen LogP contribution in [0.4, 0.5) is 0 Å². The van der Waals surface area contributed by atoms with E-state index in [4.69, 9.17) is 4.98 Å². The Balaban J connectivity index is 1.79. The number of nitrogens with zero attached hydrogens (tertiary/aromatic N) is 1. The number of aromatic nitrogens is 1. The van der Waals surface area contributed by atoms with Gasteiger partial charge in [-0.1, -0.05) is 47.0 Å². The average molecular weight is 389 g/mol. The van der Waals surface area contributed by atoms with Crippen molar-refractivity contribution >= 4 is 13.3 Å². The fraction of sp³-hybridized carbons (Fsp3) is 0.560. The van der Waals surface area contributed by atoms with Gasteiger partial charge in [0.05, 0.1) is 5.69 Å². The van der Waals surface area contributed by atoms with Crippen LogP contribution in [0.3, 0.4) is 0 Å². The Kier molecular flexibility index (Phi) is 3.53. The lowest BCUT2D eigenvalue weighted by Crippen LogP contribution is -2.43. The van der Waals surface area contributed by atoms with Gasteiger partial charge in [-0.15, -0.1) is 0 Å². The molecule has 0 amide bonds. The minimum atomic E-state index is -0.263. The molecular formula is C25H32BNO2. The second-order valence-corrected chi connectivity index (χ2v) is 11.2. The third-order valence-corrected chi connectivity index (χ3v) is 9.61.